The molecule has 1 aliphatic heterocycles. The smallest absolute Gasteiger partial charge is 0.350 e. The highest BCUT2D eigenvalue weighted by atomic mass is 32.1. The number of nitrogens with zero attached hydrogens (tertiary/aromatic N) is 1. The zero-order chi connectivity index (χ0) is 29.5. The highest BCUT2D eigenvalue weighted by Crippen LogP contribution is 2.39. The van der Waals surface area contributed by atoms with E-state index in [1.165, 1.54) is 0 Å². The second kappa shape index (κ2) is 10.9. The molecule has 4 nitrogen and oxygen atoms in total. The third kappa shape index (κ3) is 6.51. The van der Waals surface area contributed by atoms with Crippen molar-refractivity contribution < 1.29 is 31.1 Å². The van der Waals surface area contributed by atoms with E-state index in [0.717, 1.165) is 29.2 Å². The van der Waals surface area contributed by atoms with Crippen molar-refractivity contribution in [1.82, 2.24) is 10.2 Å². The minimum absolute atomic E-state index is 0.0456. The lowest BCUT2D eigenvalue weighted by molar-refractivity contribution is -0.143. The molecule has 1 saturated heterocycles. The summed E-state index contributed by atoms with van der Waals surface area (Å²) in [7, 11) is 0. The number of amides is 1. The number of likely N-dealkylation sites (tertiary alicyclic amines) is 1. The van der Waals surface area contributed by atoms with Gasteiger partial charge >= 0.3 is 12.4 Å². The summed E-state index contributed by atoms with van der Waals surface area (Å²) < 4.78 is 79.8. The van der Waals surface area contributed by atoms with Gasteiger partial charge in [0.25, 0.3) is 0 Å². The van der Waals surface area contributed by atoms with Crippen LogP contribution in [0.2, 0.25) is 0 Å². The number of alkyl halides is 6. The molecule has 1 aliphatic rings. The van der Waals surface area contributed by atoms with E-state index < -0.39 is 40.6 Å². The Hall–Kier alpha value is -3.34. The van der Waals surface area contributed by atoms with E-state index in [2.05, 4.69) is 10.6 Å². The molecule has 0 unspecified atom stereocenters. The van der Waals surface area contributed by atoms with E-state index in [0.29, 0.717) is 18.7 Å². The second-order valence-corrected chi connectivity index (χ2v) is 11.4. The Bertz CT molecular complexity index is 1380. The molecule has 0 aliphatic carbocycles. The second-order valence-electron chi connectivity index (χ2n) is 11.0. The summed E-state index contributed by atoms with van der Waals surface area (Å²) in [5, 5.41) is 7.13. The van der Waals surface area contributed by atoms with E-state index in [9.17, 15) is 31.1 Å². The number of carbonyl (C=O) groups excluding carboxylic acids is 1. The predicted octanol–water partition coefficient (Wildman–Crippen LogP) is 7.94. The van der Waals surface area contributed by atoms with Crippen LogP contribution in [0.4, 0.5) is 32.0 Å². The summed E-state index contributed by atoms with van der Waals surface area (Å²) in [5.41, 5.74) is -3.10. The number of nitrogens with one attached hydrogen (secondary N) is 2. The van der Waals surface area contributed by atoms with Gasteiger partial charge in [-0.3, -0.25) is 4.79 Å². The number of hydrogen-bond acceptors (Lipinski definition) is 2. The lowest BCUT2D eigenvalue weighted by Gasteiger charge is -2.36. The van der Waals surface area contributed by atoms with Crippen molar-refractivity contribution in [3.63, 3.8) is 0 Å². The summed E-state index contributed by atoms with van der Waals surface area (Å²) in [6.07, 6.45) is -8.46. The standard InChI is InChI=1S/C29H29F6N3OS/c1-27(2,3)24(37-26(40)36-20-15-18(28(30,31)32)14-19(16-20)29(33,34)35)25(39)38-13-7-12-23(38)22-11-6-9-17-8-4-5-10-21(17)22/h4-6,8-11,14-16,23-24H,7,12-13H2,1-3H3,(H2,36,37,40)/t23-,24-/m1/s1. The van der Waals surface area contributed by atoms with Gasteiger partial charge < -0.3 is 15.5 Å². The fourth-order valence-corrected chi connectivity index (χ4v) is 5.27. The molecule has 40 heavy (non-hydrogen) atoms. The van der Waals surface area contributed by atoms with Crippen molar-refractivity contribution in [2.45, 2.75) is 58.0 Å². The van der Waals surface area contributed by atoms with Crippen LogP contribution in [0, 0.1) is 5.41 Å². The molecule has 0 bridgehead atoms. The molecule has 1 heterocycles. The molecule has 0 radical (unpaired) electrons. The molecular weight excluding hydrogens is 552 g/mol. The zero-order valence-corrected chi connectivity index (χ0v) is 22.9. The van der Waals surface area contributed by atoms with Gasteiger partial charge in [-0.25, -0.2) is 0 Å². The van der Waals surface area contributed by atoms with Crippen LogP contribution in [0.25, 0.3) is 10.8 Å². The molecule has 3 aromatic rings. The van der Waals surface area contributed by atoms with Crippen molar-refractivity contribution in [3.05, 3.63) is 77.4 Å². The molecule has 2 atom stereocenters. The summed E-state index contributed by atoms with van der Waals surface area (Å²) in [4.78, 5) is 15.7. The molecule has 0 saturated carbocycles. The van der Waals surface area contributed by atoms with E-state index in [4.69, 9.17) is 12.2 Å². The first-order valence-corrected chi connectivity index (χ1v) is 13.1. The first kappa shape index (κ1) is 29.6. The van der Waals surface area contributed by atoms with Crippen molar-refractivity contribution >= 4 is 39.7 Å². The van der Waals surface area contributed by atoms with E-state index >= 15 is 0 Å². The molecule has 0 spiro atoms. The maximum Gasteiger partial charge on any atom is 0.416 e. The Morgan fingerprint density at radius 3 is 2.12 bits per heavy atom. The minimum Gasteiger partial charge on any atom is -0.350 e. The third-order valence-corrected chi connectivity index (χ3v) is 7.17. The average molecular weight is 582 g/mol. The lowest BCUT2D eigenvalue weighted by Crippen LogP contribution is -2.55. The Labute approximate surface area is 233 Å². The average Bonchev–Trinajstić information content (AvgIpc) is 3.34. The third-order valence-electron chi connectivity index (χ3n) is 6.95. The van der Waals surface area contributed by atoms with Gasteiger partial charge in [-0.15, -0.1) is 0 Å². The Balaban J connectivity index is 1.59. The molecule has 11 heteroatoms. The van der Waals surface area contributed by atoms with Gasteiger partial charge in [0.2, 0.25) is 5.91 Å². The van der Waals surface area contributed by atoms with Crippen LogP contribution in [0.1, 0.15) is 56.3 Å². The lowest BCUT2D eigenvalue weighted by atomic mass is 9.85. The monoisotopic (exact) mass is 581 g/mol. The highest BCUT2D eigenvalue weighted by Gasteiger charge is 2.40. The predicted molar refractivity (Wildman–Crippen MR) is 147 cm³/mol. The number of carbonyl (C=O) groups is 1. The normalized spacial score (nSPS) is 17.1. The highest BCUT2D eigenvalue weighted by molar-refractivity contribution is 7.80. The van der Waals surface area contributed by atoms with Crippen LogP contribution in [-0.2, 0) is 17.1 Å². The van der Waals surface area contributed by atoms with Crippen LogP contribution in [0.3, 0.4) is 0 Å². The summed E-state index contributed by atoms with van der Waals surface area (Å²) in [6.45, 7) is 5.92. The number of benzene rings is 3. The minimum atomic E-state index is -5.00. The molecule has 4 rings (SSSR count). The van der Waals surface area contributed by atoms with Gasteiger partial charge in [-0.05, 0) is 65.0 Å². The van der Waals surface area contributed by atoms with Crippen LogP contribution in [0.5, 0.6) is 0 Å². The molecule has 1 fully saturated rings. The first-order chi connectivity index (χ1) is 18.6. The SMILES string of the molecule is CC(C)(C)[C@H](NC(=S)Nc1cc(C(F)(F)F)cc(C(F)(F)F)c1)C(=O)N1CCC[C@@H]1c1cccc2ccccc12. The zero-order valence-electron chi connectivity index (χ0n) is 22.1. The van der Waals surface area contributed by atoms with Crippen LogP contribution in [0.15, 0.2) is 60.7 Å². The van der Waals surface area contributed by atoms with Gasteiger partial charge in [0.05, 0.1) is 17.2 Å². The fraction of sp³-hybridized carbons (Fsp3) is 0.379. The van der Waals surface area contributed by atoms with Crippen molar-refractivity contribution in [3.8, 4) is 0 Å². The van der Waals surface area contributed by atoms with Gasteiger partial charge in [0.1, 0.15) is 6.04 Å². The topological polar surface area (TPSA) is 44.4 Å². The van der Waals surface area contributed by atoms with Crippen molar-refractivity contribution in [2.24, 2.45) is 5.41 Å². The fourth-order valence-electron chi connectivity index (χ4n) is 5.03. The number of thiocarbonyl (C=S) groups is 1. The quantitative estimate of drug-likeness (QED) is 0.243. The Kier molecular flexibility index (Phi) is 8.08. The number of hydrogen-bond donors (Lipinski definition) is 2. The molecular formula is C29H29F6N3OS. The summed E-state index contributed by atoms with van der Waals surface area (Å²) >= 11 is 5.28. The van der Waals surface area contributed by atoms with Crippen LogP contribution in [-0.4, -0.2) is 28.5 Å². The van der Waals surface area contributed by atoms with Gasteiger partial charge in [-0.1, -0.05) is 63.2 Å². The van der Waals surface area contributed by atoms with Gasteiger partial charge in [0, 0.05) is 12.2 Å². The maximum atomic E-state index is 13.9. The maximum absolute atomic E-state index is 13.9. The van der Waals surface area contributed by atoms with Crippen LogP contribution < -0.4 is 10.6 Å². The number of anilines is 1. The molecule has 214 valence electrons. The largest absolute Gasteiger partial charge is 0.416 e. The van der Waals surface area contributed by atoms with E-state index in [-0.39, 0.29) is 23.1 Å². The van der Waals surface area contributed by atoms with Gasteiger partial charge in [0.15, 0.2) is 5.11 Å². The van der Waals surface area contributed by atoms with Crippen molar-refractivity contribution in [1.29, 1.82) is 0 Å². The molecule has 0 aromatic heterocycles. The van der Waals surface area contributed by atoms with Gasteiger partial charge in [-0.2, -0.15) is 26.3 Å². The van der Waals surface area contributed by atoms with E-state index in [1.54, 1.807) is 25.7 Å². The molecule has 1 amide bonds. The number of fused-ring (bicyclic) bond motifs is 1. The Morgan fingerprint density at radius 2 is 1.52 bits per heavy atom. The molecule has 3 aromatic carbocycles. The number of rotatable bonds is 4. The summed E-state index contributed by atoms with van der Waals surface area (Å²) in [6, 6.07) is 13.9. The van der Waals surface area contributed by atoms with Crippen molar-refractivity contribution in [2.75, 3.05) is 11.9 Å². The number of halogens is 6. The van der Waals surface area contributed by atoms with Crippen LogP contribution >= 0.6 is 12.2 Å². The first-order valence-electron chi connectivity index (χ1n) is 12.7. The Morgan fingerprint density at radius 1 is 0.925 bits per heavy atom. The molecule has 2 N–H and O–H groups in total. The van der Waals surface area contributed by atoms with E-state index in [1.807, 2.05) is 42.5 Å². The summed E-state index contributed by atoms with van der Waals surface area (Å²) in [5.74, 6) is -0.257.